The summed E-state index contributed by atoms with van der Waals surface area (Å²) in [5.41, 5.74) is 1.12. The number of methoxy groups -OCH3 is 1. The van der Waals surface area contributed by atoms with Gasteiger partial charge in [0.05, 0.1) is 13.7 Å². The van der Waals surface area contributed by atoms with Gasteiger partial charge in [-0.3, -0.25) is 9.89 Å². The highest BCUT2D eigenvalue weighted by molar-refractivity contribution is 14.0. The standard InChI is InChI=1S/C21H31F3N4O2.HI/c1-25-19(27-17-7-10-28(13-17)15-21(22,23)24)26-14-20(8-11-30-12-9-20)16-3-5-18(29-2)6-4-16;/h3-6,17H,7-15H2,1-2H3,(H2,25,26,27);1H. The molecule has 31 heavy (non-hydrogen) atoms. The van der Waals surface area contributed by atoms with Crippen molar-refractivity contribution in [3.63, 3.8) is 0 Å². The van der Waals surface area contributed by atoms with Gasteiger partial charge in [-0.05, 0) is 37.0 Å². The first-order valence-electron chi connectivity index (χ1n) is 10.3. The van der Waals surface area contributed by atoms with Crippen LogP contribution >= 0.6 is 24.0 Å². The molecule has 176 valence electrons. The van der Waals surface area contributed by atoms with Gasteiger partial charge < -0.3 is 20.1 Å². The zero-order chi connectivity index (χ0) is 21.6. The zero-order valence-electron chi connectivity index (χ0n) is 18.0. The lowest BCUT2D eigenvalue weighted by atomic mass is 9.74. The number of rotatable bonds is 6. The Morgan fingerprint density at radius 3 is 2.52 bits per heavy atom. The van der Waals surface area contributed by atoms with Gasteiger partial charge in [-0.25, -0.2) is 0 Å². The second-order valence-electron chi connectivity index (χ2n) is 8.03. The van der Waals surface area contributed by atoms with E-state index < -0.39 is 12.7 Å². The van der Waals surface area contributed by atoms with E-state index >= 15 is 0 Å². The van der Waals surface area contributed by atoms with E-state index in [1.165, 1.54) is 10.5 Å². The Hall–Kier alpha value is -1.27. The van der Waals surface area contributed by atoms with Crippen molar-refractivity contribution < 1.29 is 22.6 Å². The highest BCUT2D eigenvalue weighted by Crippen LogP contribution is 2.35. The van der Waals surface area contributed by atoms with Crippen molar-refractivity contribution in [3.05, 3.63) is 29.8 Å². The maximum absolute atomic E-state index is 12.6. The van der Waals surface area contributed by atoms with Crippen LogP contribution in [0.25, 0.3) is 0 Å². The molecule has 10 heteroatoms. The van der Waals surface area contributed by atoms with Crippen molar-refractivity contribution in [1.29, 1.82) is 0 Å². The minimum atomic E-state index is -4.16. The summed E-state index contributed by atoms with van der Waals surface area (Å²) in [7, 11) is 3.33. The third kappa shape index (κ3) is 7.38. The smallest absolute Gasteiger partial charge is 0.401 e. The number of likely N-dealkylation sites (tertiary alicyclic amines) is 1. The van der Waals surface area contributed by atoms with Gasteiger partial charge in [-0.15, -0.1) is 24.0 Å². The number of halogens is 4. The molecule has 0 saturated carbocycles. The van der Waals surface area contributed by atoms with Crippen LogP contribution in [0.4, 0.5) is 13.2 Å². The van der Waals surface area contributed by atoms with Crippen LogP contribution < -0.4 is 15.4 Å². The van der Waals surface area contributed by atoms with Gasteiger partial charge in [0.2, 0.25) is 0 Å². The number of guanidine groups is 1. The van der Waals surface area contributed by atoms with Crippen LogP contribution in [-0.4, -0.2) is 76.6 Å². The normalized spacial score (nSPS) is 22.0. The van der Waals surface area contributed by atoms with E-state index in [4.69, 9.17) is 9.47 Å². The van der Waals surface area contributed by atoms with Crippen LogP contribution in [-0.2, 0) is 10.2 Å². The van der Waals surface area contributed by atoms with E-state index in [9.17, 15) is 13.2 Å². The summed E-state index contributed by atoms with van der Waals surface area (Å²) in [5.74, 6) is 1.43. The van der Waals surface area contributed by atoms with E-state index in [2.05, 4.69) is 27.8 Å². The monoisotopic (exact) mass is 556 g/mol. The molecule has 0 bridgehead atoms. The van der Waals surface area contributed by atoms with E-state index in [0.717, 1.165) is 18.6 Å². The largest absolute Gasteiger partial charge is 0.497 e. The Kier molecular flexibility index (Phi) is 9.68. The van der Waals surface area contributed by atoms with Crippen molar-refractivity contribution in [2.45, 2.75) is 36.9 Å². The first-order valence-corrected chi connectivity index (χ1v) is 10.3. The maximum Gasteiger partial charge on any atom is 0.401 e. The van der Waals surface area contributed by atoms with Gasteiger partial charge in [0.15, 0.2) is 5.96 Å². The van der Waals surface area contributed by atoms with E-state index in [-0.39, 0.29) is 35.4 Å². The fourth-order valence-corrected chi connectivity index (χ4v) is 4.26. The molecule has 0 aromatic heterocycles. The highest BCUT2D eigenvalue weighted by Gasteiger charge is 2.36. The topological polar surface area (TPSA) is 58.1 Å². The number of ether oxygens (including phenoxy) is 2. The van der Waals surface area contributed by atoms with Crippen molar-refractivity contribution in [1.82, 2.24) is 15.5 Å². The molecule has 3 rings (SSSR count). The number of nitrogens with one attached hydrogen (secondary N) is 2. The summed E-state index contributed by atoms with van der Waals surface area (Å²) in [6.07, 6.45) is -1.74. The maximum atomic E-state index is 12.6. The van der Waals surface area contributed by atoms with Gasteiger partial charge in [-0.2, -0.15) is 13.2 Å². The summed E-state index contributed by atoms with van der Waals surface area (Å²) >= 11 is 0. The molecule has 0 spiro atoms. The molecule has 1 aromatic rings. The van der Waals surface area contributed by atoms with E-state index in [1.807, 2.05) is 12.1 Å². The molecule has 0 amide bonds. The second-order valence-corrected chi connectivity index (χ2v) is 8.03. The molecule has 2 fully saturated rings. The van der Waals surface area contributed by atoms with Gasteiger partial charge in [0.1, 0.15) is 5.75 Å². The van der Waals surface area contributed by atoms with Crippen molar-refractivity contribution >= 4 is 29.9 Å². The Morgan fingerprint density at radius 1 is 1.26 bits per heavy atom. The van der Waals surface area contributed by atoms with Crippen LogP contribution in [0, 0.1) is 0 Å². The van der Waals surface area contributed by atoms with Crippen molar-refractivity contribution in [3.8, 4) is 5.75 Å². The number of nitrogens with zero attached hydrogens (tertiary/aromatic N) is 2. The molecule has 1 atom stereocenters. The molecule has 1 unspecified atom stereocenters. The summed E-state index contributed by atoms with van der Waals surface area (Å²) in [6, 6.07) is 8.06. The molecular weight excluding hydrogens is 524 g/mol. The van der Waals surface area contributed by atoms with Gasteiger partial charge >= 0.3 is 6.18 Å². The summed E-state index contributed by atoms with van der Waals surface area (Å²) < 4.78 is 48.7. The molecule has 1 aromatic carbocycles. The first kappa shape index (κ1) is 26.0. The molecule has 0 radical (unpaired) electrons. The molecular formula is C21H32F3IN4O2. The Bertz CT molecular complexity index is 710. The highest BCUT2D eigenvalue weighted by atomic mass is 127. The predicted octanol–water partition coefficient (Wildman–Crippen LogP) is 3.16. The predicted molar refractivity (Wildman–Crippen MR) is 126 cm³/mol. The first-order chi connectivity index (χ1) is 14.3. The molecule has 2 aliphatic rings. The average molecular weight is 556 g/mol. The lowest BCUT2D eigenvalue weighted by molar-refractivity contribution is -0.143. The van der Waals surface area contributed by atoms with Crippen LogP contribution in [0.3, 0.4) is 0 Å². The van der Waals surface area contributed by atoms with Gasteiger partial charge in [0.25, 0.3) is 0 Å². The fraction of sp³-hybridized carbons (Fsp3) is 0.667. The Morgan fingerprint density at radius 2 is 1.94 bits per heavy atom. The Labute approximate surface area is 199 Å². The second kappa shape index (κ2) is 11.6. The molecule has 2 heterocycles. The molecule has 2 N–H and O–H groups in total. The zero-order valence-corrected chi connectivity index (χ0v) is 20.3. The quantitative estimate of drug-likeness (QED) is 0.321. The molecule has 2 aliphatic heterocycles. The third-order valence-corrected chi connectivity index (χ3v) is 5.99. The van der Waals surface area contributed by atoms with Crippen LogP contribution in [0.1, 0.15) is 24.8 Å². The Balaban J connectivity index is 0.00000341. The number of benzene rings is 1. The number of hydrogen-bond donors (Lipinski definition) is 2. The molecule has 0 aliphatic carbocycles. The van der Waals surface area contributed by atoms with Crippen LogP contribution in [0.5, 0.6) is 5.75 Å². The summed E-state index contributed by atoms with van der Waals surface area (Å²) in [6.45, 7) is 1.97. The number of alkyl halides is 3. The average Bonchev–Trinajstić information content (AvgIpc) is 3.16. The van der Waals surface area contributed by atoms with E-state index in [1.54, 1.807) is 14.2 Å². The van der Waals surface area contributed by atoms with Crippen molar-refractivity contribution in [2.75, 3.05) is 53.6 Å². The number of hydrogen-bond acceptors (Lipinski definition) is 4. The number of aliphatic imine (C=N–C) groups is 1. The molecule has 6 nitrogen and oxygen atoms in total. The fourth-order valence-electron chi connectivity index (χ4n) is 4.26. The minimum Gasteiger partial charge on any atom is -0.497 e. The summed E-state index contributed by atoms with van der Waals surface area (Å²) in [4.78, 5) is 5.72. The van der Waals surface area contributed by atoms with Crippen LogP contribution in [0.2, 0.25) is 0 Å². The van der Waals surface area contributed by atoms with Crippen molar-refractivity contribution in [2.24, 2.45) is 4.99 Å². The van der Waals surface area contributed by atoms with Gasteiger partial charge in [0, 0.05) is 51.4 Å². The minimum absolute atomic E-state index is 0. The summed E-state index contributed by atoms with van der Waals surface area (Å²) in [5, 5.41) is 6.69. The van der Waals surface area contributed by atoms with Gasteiger partial charge in [-0.1, -0.05) is 12.1 Å². The lowest BCUT2D eigenvalue weighted by Gasteiger charge is -2.38. The van der Waals surface area contributed by atoms with Crippen LogP contribution in [0.15, 0.2) is 29.3 Å². The molecule has 2 saturated heterocycles. The SMILES string of the molecule is CN=C(NCC1(c2ccc(OC)cc2)CCOCC1)NC1CCN(CC(F)(F)F)C1.I. The van der Waals surface area contributed by atoms with E-state index in [0.29, 0.717) is 45.2 Å². The third-order valence-electron chi connectivity index (χ3n) is 5.99. The lowest BCUT2D eigenvalue weighted by Crippen LogP contribution is -2.50.